The van der Waals surface area contributed by atoms with Crippen molar-refractivity contribution in [1.29, 1.82) is 0 Å². The van der Waals surface area contributed by atoms with E-state index in [0.29, 0.717) is 6.54 Å². The number of morpholine rings is 1. The number of benzene rings is 1. The summed E-state index contributed by atoms with van der Waals surface area (Å²) in [5, 5.41) is 2.96. The monoisotopic (exact) mass is 302 g/mol. The second kappa shape index (κ2) is 9.38. The first-order valence-corrected chi connectivity index (χ1v) is 8.03. The van der Waals surface area contributed by atoms with E-state index < -0.39 is 0 Å². The van der Waals surface area contributed by atoms with Crippen LogP contribution in [0, 0.1) is 0 Å². The molecule has 0 radical (unpaired) electrons. The number of ether oxygens (including phenoxy) is 1. The molecule has 0 aromatic heterocycles. The van der Waals surface area contributed by atoms with Crippen LogP contribution in [-0.2, 0) is 16.0 Å². The zero-order valence-corrected chi connectivity index (χ0v) is 13.4. The van der Waals surface area contributed by atoms with Crippen molar-refractivity contribution < 1.29 is 9.53 Å². The van der Waals surface area contributed by atoms with Crippen LogP contribution >= 0.6 is 0 Å². The van der Waals surface area contributed by atoms with E-state index in [1.807, 2.05) is 25.1 Å². The quantitative estimate of drug-likeness (QED) is 0.784. The number of amides is 1. The van der Waals surface area contributed by atoms with E-state index in [4.69, 9.17) is 4.74 Å². The molecule has 1 amide bonds. The molecule has 0 atom stereocenters. The molecule has 120 valence electrons. The summed E-state index contributed by atoms with van der Waals surface area (Å²) in [6, 6.07) is 10.4. The first-order chi connectivity index (χ1) is 10.7. The predicted octanol–water partition coefficient (Wildman–Crippen LogP) is 2.01. The van der Waals surface area contributed by atoms with Gasteiger partial charge in [0.2, 0.25) is 5.91 Å². The largest absolute Gasteiger partial charge is 0.379 e. The fourth-order valence-corrected chi connectivity index (χ4v) is 2.50. The van der Waals surface area contributed by atoms with E-state index in [1.54, 1.807) is 6.08 Å². The Bertz CT molecular complexity index is 479. The van der Waals surface area contributed by atoms with Gasteiger partial charge in [-0.25, -0.2) is 0 Å². The van der Waals surface area contributed by atoms with Gasteiger partial charge in [-0.15, -0.1) is 0 Å². The molecule has 4 nitrogen and oxygen atoms in total. The molecule has 22 heavy (non-hydrogen) atoms. The van der Waals surface area contributed by atoms with Crippen molar-refractivity contribution in [3.8, 4) is 0 Å². The summed E-state index contributed by atoms with van der Waals surface area (Å²) in [5.74, 6) is 0.0128. The number of aryl methyl sites for hydroxylation is 1. The predicted molar refractivity (Wildman–Crippen MR) is 88.8 cm³/mol. The minimum absolute atomic E-state index is 0.0128. The van der Waals surface area contributed by atoms with Crippen molar-refractivity contribution in [3.05, 3.63) is 47.5 Å². The second-order valence-corrected chi connectivity index (χ2v) is 5.72. The van der Waals surface area contributed by atoms with Gasteiger partial charge in [0.25, 0.3) is 0 Å². The first kappa shape index (κ1) is 16.7. The molecule has 1 N–H and O–H groups in total. The summed E-state index contributed by atoms with van der Waals surface area (Å²) >= 11 is 0. The van der Waals surface area contributed by atoms with Crippen molar-refractivity contribution >= 4 is 5.91 Å². The van der Waals surface area contributed by atoms with Crippen molar-refractivity contribution in [2.45, 2.75) is 19.8 Å². The standard InChI is InChI=1S/C18H26N2O2/c1-16(7-8-17-5-3-2-4-6-17)15-18(21)19-9-10-20-11-13-22-14-12-20/h2-6,15H,7-14H2,1H3,(H,19,21)/b16-15-. The van der Waals surface area contributed by atoms with Crippen LogP contribution < -0.4 is 5.32 Å². The first-order valence-electron chi connectivity index (χ1n) is 8.03. The Morgan fingerprint density at radius 3 is 2.73 bits per heavy atom. The Balaban J connectivity index is 1.63. The van der Waals surface area contributed by atoms with Gasteiger partial charge in [0.05, 0.1) is 13.2 Å². The lowest BCUT2D eigenvalue weighted by Gasteiger charge is -2.26. The SMILES string of the molecule is C/C(=C/C(=O)NCCN1CCOCC1)CCc1ccccc1. The maximum atomic E-state index is 11.9. The number of carbonyl (C=O) groups excluding carboxylic acids is 1. The maximum Gasteiger partial charge on any atom is 0.243 e. The normalized spacial score (nSPS) is 16.5. The van der Waals surface area contributed by atoms with Crippen molar-refractivity contribution in [1.82, 2.24) is 10.2 Å². The van der Waals surface area contributed by atoms with Gasteiger partial charge in [-0.05, 0) is 25.3 Å². The van der Waals surface area contributed by atoms with Crippen LogP contribution in [0.15, 0.2) is 42.0 Å². The number of nitrogens with zero attached hydrogens (tertiary/aromatic N) is 1. The highest BCUT2D eigenvalue weighted by Crippen LogP contribution is 2.08. The molecule has 1 aromatic rings. The van der Waals surface area contributed by atoms with Crippen molar-refractivity contribution in [2.75, 3.05) is 39.4 Å². The molecular weight excluding hydrogens is 276 g/mol. The molecule has 4 heteroatoms. The number of hydrogen-bond acceptors (Lipinski definition) is 3. The van der Waals surface area contributed by atoms with Gasteiger partial charge in [0.15, 0.2) is 0 Å². The van der Waals surface area contributed by atoms with Crippen LogP contribution in [0.5, 0.6) is 0 Å². The van der Waals surface area contributed by atoms with Gasteiger partial charge in [-0.1, -0.05) is 35.9 Å². The number of allylic oxidation sites excluding steroid dienone is 1. The Kier molecular flexibility index (Phi) is 7.13. The van der Waals surface area contributed by atoms with Crippen molar-refractivity contribution in [2.24, 2.45) is 0 Å². The van der Waals surface area contributed by atoms with Crippen LogP contribution in [0.2, 0.25) is 0 Å². The van der Waals surface area contributed by atoms with Crippen LogP contribution in [0.3, 0.4) is 0 Å². The highest BCUT2D eigenvalue weighted by molar-refractivity contribution is 5.88. The molecular formula is C18H26N2O2. The Morgan fingerprint density at radius 1 is 1.27 bits per heavy atom. The Labute approximate surface area is 133 Å². The van der Waals surface area contributed by atoms with Crippen LogP contribution in [0.25, 0.3) is 0 Å². The van der Waals surface area contributed by atoms with E-state index in [1.165, 1.54) is 5.56 Å². The highest BCUT2D eigenvalue weighted by atomic mass is 16.5. The Morgan fingerprint density at radius 2 is 2.00 bits per heavy atom. The van der Waals surface area contributed by atoms with Crippen LogP contribution in [0.4, 0.5) is 0 Å². The zero-order valence-electron chi connectivity index (χ0n) is 13.4. The van der Waals surface area contributed by atoms with E-state index in [9.17, 15) is 4.79 Å². The lowest BCUT2D eigenvalue weighted by molar-refractivity contribution is -0.116. The molecule has 1 heterocycles. The van der Waals surface area contributed by atoms with E-state index in [-0.39, 0.29) is 5.91 Å². The number of carbonyl (C=O) groups is 1. The summed E-state index contributed by atoms with van der Waals surface area (Å²) in [4.78, 5) is 14.2. The van der Waals surface area contributed by atoms with Crippen molar-refractivity contribution in [3.63, 3.8) is 0 Å². The summed E-state index contributed by atoms with van der Waals surface area (Å²) in [7, 11) is 0. The molecule has 1 fully saturated rings. The summed E-state index contributed by atoms with van der Waals surface area (Å²) in [6.07, 6.45) is 3.62. The lowest BCUT2D eigenvalue weighted by Crippen LogP contribution is -2.41. The minimum atomic E-state index is 0.0128. The minimum Gasteiger partial charge on any atom is -0.379 e. The third kappa shape index (κ3) is 6.41. The van der Waals surface area contributed by atoms with E-state index in [0.717, 1.165) is 51.3 Å². The third-order valence-electron chi connectivity index (χ3n) is 3.86. The maximum absolute atomic E-state index is 11.9. The fourth-order valence-electron chi connectivity index (χ4n) is 2.50. The molecule has 0 aliphatic carbocycles. The Hall–Kier alpha value is -1.65. The van der Waals surface area contributed by atoms with E-state index in [2.05, 4.69) is 22.3 Å². The number of nitrogens with one attached hydrogen (secondary N) is 1. The summed E-state index contributed by atoms with van der Waals surface area (Å²) < 4.78 is 5.30. The third-order valence-corrected chi connectivity index (χ3v) is 3.86. The van der Waals surface area contributed by atoms with Crippen LogP contribution in [-0.4, -0.2) is 50.2 Å². The summed E-state index contributed by atoms with van der Waals surface area (Å²) in [6.45, 7) is 7.13. The van der Waals surface area contributed by atoms with Gasteiger partial charge in [-0.3, -0.25) is 9.69 Å². The second-order valence-electron chi connectivity index (χ2n) is 5.72. The lowest BCUT2D eigenvalue weighted by atomic mass is 10.1. The van der Waals surface area contributed by atoms with Gasteiger partial charge < -0.3 is 10.1 Å². The average molecular weight is 302 g/mol. The fraction of sp³-hybridized carbons (Fsp3) is 0.500. The summed E-state index contributed by atoms with van der Waals surface area (Å²) in [5.41, 5.74) is 2.43. The molecule has 1 aromatic carbocycles. The van der Waals surface area contributed by atoms with E-state index >= 15 is 0 Å². The smallest absolute Gasteiger partial charge is 0.243 e. The topological polar surface area (TPSA) is 41.6 Å². The molecule has 2 rings (SSSR count). The highest BCUT2D eigenvalue weighted by Gasteiger charge is 2.09. The molecule has 0 spiro atoms. The molecule has 1 saturated heterocycles. The molecule has 0 saturated carbocycles. The molecule has 1 aliphatic rings. The molecule has 0 unspecified atom stereocenters. The molecule has 1 aliphatic heterocycles. The van der Waals surface area contributed by atoms with Gasteiger partial charge >= 0.3 is 0 Å². The van der Waals surface area contributed by atoms with Gasteiger partial charge in [0, 0.05) is 32.3 Å². The number of hydrogen-bond donors (Lipinski definition) is 1. The van der Waals surface area contributed by atoms with Crippen LogP contribution in [0.1, 0.15) is 18.9 Å². The average Bonchev–Trinajstić information content (AvgIpc) is 2.55. The number of rotatable bonds is 7. The van der Waals surface area contributed by atoms with Gasteiger partial charge in [-0.2, -0.15) is 0 Å². The van der Waals surface area contributed by atoms with Gasteiger partial charge in [0.1, 0.15) is 0 Å². The molecule has 0 bridgehead atoms. The zero-order chi connectivity index (χ0) is 15.6.